The molecule has 0 spiro atoms. The molecule has 0 aliphatic carbocycles. The Balaban J connectivity index is 1.56. The van der Waals surface area contributed by atoms with Crippen LogP contribution in [0.15, 0.2) is 58.8 Å². The summed E-state index contributed by atoms with van der Waals surface area (Å²) in [7, 11) is 0. The molecule has 7 nitrogen and oxygen atoms in total. The minimum Gasteiger partial charge on any atom is -0.438 e. The van der Waals surface area contributed by atoms with Crippen molar-refractivity contribution < 1.29 is 9.21 Å². The summed E-state index contributed by atoms with van der Waals surface area (Å²) >= 11 is 7.14. The number of hydrogen-bond acceptors (Lipinski definition) is 7. The van der Waals surface area contributed by atoms with Crippen LogP contribution in [0, 0.1) is 11.3 Å². The first kappa shape index (κ1) is 17.9. The smallest absolute Gasteiger partial charge is 0.295 e. The van der Waals surface area contributed by atoms with Crippen LogP contribution in [0.2, 0.25) is 5.02 Å². The van der Waals surface area contributed by atoms with Crippen LogP contribution in [-0.4, -0.2) is 20.9 Å². The lowest BCUT2D eigenvalue weighted by Crippen LogP contribution is -2.12. The monoisotopic (exact) mass is 407 g/mol. The van der Waals surface area contributed by atoms with Gasteiger partial charge < -0.3 is 4.42 Å². The molecule has 0 aliphatic heterocycles. The first-order valence-electron chi connectivity index (χ1n) is 7.97. The van der Waals surface area contributed by atoms with Crippen molar-refractivity contribution in [2.75, 3.05) is 5.32 Å². The summed E-state index contributed by atoms with van der Waals surface area (Å²) in [5.41, 5.74) is 2.72. The number of thiazole rings is 1. The molecule has 1 aromatic carbocycles. The van der Waals surface area contributed by atoms with E-state index in [9.17, 15) is 4.79 Å². The summed E-state index contributed by atoms with van der Waals surface area (Å²) in [5.74, 6) is -0.397. The van der Waals surface area contributed by atoms with Crippen LogP contribution in [0.4, 0.5) is 5.13 Å². The van der Waals surface area contributed by atoms with Gasteiger partial charge in [-0.15, -0.1) is 11.3 Å². The summed E-state index contributed by atoms with van der Waals surface area (Å²) < 4.78 is 5.28. The Morgan fingerprint density at radius 2 is 2.00 bits per heavy atom. The van der Waals surface area contributed by atoms with E-state index in [1.54, 1.807) is 48.0 Å². The highest BCUT2D eigenvalue weighted by Crippen LogP contribution is 2.27. The van der Waals surface area contributed by atoms with Crippen molar-refractivity contribution in [2.45, 2.75) is 0 Å². The number of benzene rings is 1. The zero-order valence-corrected chi connectivity index (χ0v) is 15.7. The van der Waals surface area contributed by atoms with Crippen molar-refractivity contribution >= 4 is 34.0 Å². The van der Waals surface area contributed by atoms with Crippen LogP contribution in [0.3, 0.4) is 0 Å². The third kappa shape index (κ3) is 3.62. The number of aromatic nitrogens is 3. The number of anilines is 1. The standard InChI is InChI=1S/C19H10ClN5O2S/c20-13-3-1-12(2-4-13)16-17(27-10-23-16)18(26)25-19-24-15(9-28-19)14-7-11(8-21)5-6-22-14/h1-7,9-10H,(H,24,25,26). The molecule has 9 heteroatoms. The van der Waals surface area contributed by atoms with E-state index in [2.05, 4.69) is 26.3 Å². The molecule has 136 valence electrons. The third-order valence-electron chi connectivity index (χ3n) is 3.77. The number of pyridine rings is 1. The lowest BCUT2D eigenvalue weighted by atomic mass is 10.1. The average Bonchev–Trinajstić information content (AvgIpc) is 3.38. The van der Waals surface area contributed by atoms with E-state index in [0.717, 1.165) is 0 Å². The minimum atomic E-state index is -0.470. The molecule has 4 rings (SSSR count). The van der Waals surface area contributed by atoms with Crippen molar-refractivity contribution in [3.63, 3.8) is 0 Å². The number of hydrogen-bond donors (Lipinski definition) is 1. The SMILES string of the molecule is N#Cc1ccnc(-c2csc(NC(=O)c3ocnc3-c3ccc(Cl)cc3)n2)c1. The zero-order valence-electron chi connectivity index (χ0n) is 14.1. The lowest BCUT2D eigenvalue weighted by Gasteiger charge is -2.02. The van der Waals surface area contributed by atoms with E-state index in [-0.39, 0.29) is 5.76 Å². The van der Waals surface area contributed by atoms with Crippen LogP contribution >= 0.6 is 22.9 Å². The maximum absolute atomic E-state index is 12.6. The van der Waals surface area contributed by atoms with Gasteiger partial charge in [0, 0.05) is 22.2 Å². The first-order chi connectivity index (χ1) is 13.6. The molecule has 0 unspecified atom stereocenters. The van der Waals surface area contributed by atoms with Crippen molar-refractivity contribution in [2.24, 2.45) is 0 Å². The lowest BCUT2D eigenvalue weighted by molar-refractivity contribution is 0.0997. The Bertz CT molecular complexity index is 1190. The second-order valence-electron chi connectivity index (χ2n) is 5.57. The Morgan fingerprint density at radius 1 is 1.18 bits per heavy atom. The quantitative estimate of drug-likeness (QED) is 0.528. The molecular formula is C19H10ClN5O2S. The van der Waals surface area contributed by atoms with E-state index in [1.807, 2.05) is 0 Å². The average molecular weight is 408 g/mol. The molecule has 0 aliphatic rings. The van der Waals surface area contributed by atoms with Gasteiger partial charge in [-0.2, -0.15) is 5.26 Å². The topological polar surface area (TPSA) is 105 Å². The molecule has 0 fully saturated rings. The Labute approximate surface area is 168 Å². The maximum atomic E-state index is 12.6. The number of rotatable bonds is 4. The largest absolute Gasteiger partial charge is 0.438 e. The van der Waals surface area contributed by atoms with Gasteiger partial charge in [0.15, 0.2) is 11.5 Å². The fourth-order valence-electron chi connectivity index (χ4n) is 2.46. The van der Waals surface area contributed by atoms with Gasteiger partial charge in [0.2, 0.25) is 5.76 Å². The summed E-state index contributed by atoms with van der Waals surface area (Å²) in [6.07, 6.45) is 2.75. The highest BCUT2D eigenvalue weighted by Gasteiger charge is 2.20. The van der Waals surface area contributed by atoms with Crippen LogP contribution in [-0.2, 0) is 0 Å². The summed E-state index contributed by atoms with van der Waals surface area (Å²) in [5, 5.41) is 14.4. The molecule has 3 aromatic heterocycles. The van der Waals surface area contributed by atoms with Crippen LogP contribution in [0.5, 0.6) is 0 Å². The van der Waals surface area contributed by atoms with E-state index >= 15 is 0 Å². The van der Waals surface area contributed by atoms with Gasteiger partial charge in [0.1, 0.15) is 11.4 Å². The number of nitriles is 1. The predicted molar refractivity (Wildman–Crippen MR) is 105 cm³/mol. The molecule has 1 amide bonds. The van der Waals surface area contributed by atoms with E-state index in [0.29, 0.717) is 38.4 Å². The number of carbonyl (C=O) groups excluding carboxylic acids is 1. The molecule has 28 heavy (non-hydrogen) atoms. The molecular weight excluding hydrogens is 398 g/mol. The van der Waals surface area contributed by atoms with E-state index < -0.39 is 5.91 Å². The van der Waals surface area contributed by atoms with Crippen LogP contribution in [0.1, 0.15) is 16.1 Å². The molecule has 0 bridgehead atoms. The third-order valence-corrected chi connectivity index (χ3v) is 4.78. The normalized spacial score (nSPS) is 10.4. The zero-order chi connectivity index (χ0) is 19.5. The van der Waals surface area contributed by atoms with Gasteiger partial charge in [-0.25, -0.2) is 9.97 Å². The molecule has 1 N–H and O–H groups in total. The Morgan fingerprint density at radius 3 is 2.79 bits per heavy atom. The van der Waals surface area contributed by atoms with Gasteiger partial charge in [0.25, 0.3) is 5.91 Å². The minimum absolute atomic E-state index is 0.0728. The summed E-state index contributed by atoms with van der Waals surface area (Å²) in [4.78, 5) is 25.3. The van der Waals surface area contributed by atoms with Crippen LogP contribution < -0.4 is 5.32 Å². The molecule has 4 aromatic rings. The van der Waals surface area contributed by atoms with Crippen molar-refractivity contribution in [3.8, 4) is 28.7 Å². The number of carbonyl (C=O) groups is 1. The van der Waals surface area contributed by atoms with Crippen molar-refractivity contribution in [1.82, 2.24) is 15.0 Å². The van der Waals surface area contributed by atoms with E-state index in [4.69, 9.17) is 21.3 Å². The molecule has 0 saturated heterocycles. The van der Waals surface area contributed by atoms with E-state index in [1.165, 1.54) is 17.7 Å². The molecule has 3 heterocycles. The van der Waals surface area contributed by atoms with Crippen LogP contribution in [0.25, 0.3) is 22.6 Å². The van der Waals surface area contributed by atoms with Gasteiger partial charge in [-0.05, 0) is 24.3 Å². The fourth-order valence-corrected chi connectivity index (χ4v) is 3.29. The van der Waals surface area contributed by atoms with Gasteiger partial charge in [-0.3, -0.25) is 15.1 Å². The predicted octanol–water partition coefficient (Wildman–Crippen LogP) is 4.64. The van der Waals surface area contributed by atoms with Crippen molar-refractivity contribution in [1.29, 1.82) is 5.26 Å². The number of nitrogens with zero attached hydrogens (tertiary/aromatic N) is 4. The number of oxazole rings is 1. The maximum Gasteiger partial charge on any atom is 0.295 e. The fraction of sp³-hybridized carbons (Fsp3) is 0. The first-order valence-corrected chi connectivity index (χ1v) is 9.22. The van der Waals surface area contributed by atoms with Gasteiger partial charge >= 0.3 is 0 Å². The highest BCUT2D eigenvalue weighted by atomic mass is 35.5. The summed E-state index contributed by atoms with van der Waals surface area (Å²) in [6, 6.07) is 12.2. The van der Waals surface area contributed by atoms with Gasteiger partial charge in [0.05, 0.1) is 17.3 Å². The Hall–Kier alpha value is -3.54. The van der Waals surface area contributed by atoms with Crippen molar-refractivity contribution in [3.05, 3.63) is 70.7 Å². The number of amides is 1. The number of nitrogens with one attached hydrogen (secondary N) is 1. The number of halogens is 1. The second-order valence-corrected chi connectivity index (χ2v) is 6.87. The summed E-state index contributed by atoms with van der Waals surface area (Å²) in [6.45, 7) is 0. The molecule has 0 radical (unpaired) electrons. The highest BCUT2D eigenvalue weighted by molar-refractivity contribution is 7.14. The second kappa shape index (κ2) is 7.60. The molecule has 0 saturated carbocycles. The Kier molecular flexibility index (Phi) is 4.85. The van der Waals surface area contributed by atoms with Gasteiger partial charge in [-0.1, -0.05) is 23.7 Å². The molecule has 0 atom stereocenters.